The Morgan fingerprint density at radius 2 is 1.63 bits per heavy atom. The van der Waals surface area contributed by atoms with Crippen molar-refractivity contribution in [1.29, 1.82) is 0 Å². The van der Waals surface area contributed by atoms with E-state index in [9.17, 15) is 8.42 Å². The van der Waals surface area contributed by atoms with Crippen molar-refractivity contribution in [2.75, 3.05) is 6.54 Å². The van der Waals surface area contributed by atoms with Gasteiger partial charge in [0, 0.05) is 6.54 Å². The zero-order chi connectivity index (χ0) is 14.1. The van der Waals surface area contributed by atoms with Crippen molar-refractivity contribution < 1.29 is 8.42 Å². The normalized spacial score (nSPS) is 11.7. The number of hydrogen-bond donors (Lipinski definition) is 1. The molecule has 0 aliphatic rings. The summed E-state index contributed by atoms with van der Waals surface area (Å²) in [5, 5.41) is 0. The van der Waals surface area contributed by atoms with Crippen molar-refractivity contribution >= 4 is 10.0 Å². The summed E-state index contributed by atoms with van der Waals surface area (Å²) in [7, 11) is -3.32. The number of benzene rings is 1. The van der Waals surface area contributed by atoms with Gasteiger partial charge in [-0.25, -0.2) is 13.1 Å². The van der Waals surface area contributed by atoms with Gasteiger partial charge in [-0.2, -0.15) is 0 Å². The van der Waals surface area contributed by atoms with Crippen molar-refractivity contribution in [3.8, 4) is 0 Å². The van der Waals surface area contributed by atoms with Gasteiger partial charge in [0.2, 0.25) is 10.0 Å². The highest BCUT2D eigenvalue weighted by atomic mass is 32.2. The Bertz CT molecular complexity index is 452. The first-order valence-electron chi connectivity index (χ1n) is 7.18. The average molecular weight is 283 g/mol. The van der Waals surface area contributed by atoms with Crippen molar-refractivity contribution in [3.05, 3.63) is 29.8 Å². The molecule has 0 heterocycles. The van der Waals surface area contributed by atoms with Gasteiger partial charge in [-0.15, -0.1) is 0 Å². The van der Waals surface area contributed by atoms with Gasteiger partial charge in [0.05, 0.1) is 4.90 Å². The molecule has 0 spiro atoms. The molecule has 0 unspecified atom stereocenters. The summed E-state index contributed by atoms with van der Waals surface area (Å²) < 4.78 is 26.4. The molecule has 1 N–H and O–H groups in total. The van der Waals surface area contributed by atoms with Crippen LogP contribution in [-0.4, -0.2) is 15.0 Å². The molecular formula is C15H25NO2S. The fourth-order valence-corrected chi connectivity index (χ4v) is 3.04. The first-order valence-corrected chi connectivity index (χ1v) is 8.67. The third kappa shape index (κ3) is 5.74. The van der Waals surface area contributed by atoms with E-state index < -0.39 is 10.0 Å². The second-order valence-electron chi connectivity index (χ2n) is 4.85. The lowest BCUT2D eigenvalue weighted by Gasteiger charge is -2.07. The van der Waals surface area contributed by atoms with Gasteiger partial charge >= 0.3 is 0 Å². The molecule has 4 heteroatoms. The zero-order valence-electron chi connectivity index (χ0n) is 12.0. The Morgan fingerprint density at radius 1 is 0.947 bits per heavy atom. The van der Waals surface area contributed by atoms with Crippen LogP contribution in [0.3, 0.4) is 0 Å². The molecule has 0 saturated heterocycles. The molecule has 0 atom stereocenters. The lowest BCUT2D eigenvalue weighted by atomic mass is 10.1. The summed E-state index contributed by atoms with van der Waals surface area (Å²) in [5.41, 5.74) is 1.21. The average Bonchev–Trinajstić information content (AvgIpc) is 2.42. The number of sulfonamides is 1. The smallest absolute Gasteiger partial charge is 0.211 e. The highest BCUT2D eigenvalue weighted by Gasteiger charge is 2.12. The van der Waals surface area contributed by atoms with Crippen LogP contribution >= 0.6 is 0 Å². The molecule has 19 heavy (non-hydrogen) atoms. The summed E-state index contributed by atoms with van der Waals surface area (Å²) in [6.45, 7) is 4.63. The standard InChI is InChI=1S/C15H25NO2S/c1-3-5-6-7-8-14-9-11-15(12-10-14)19(17,18)16-13-4-2/h9-12,16H,3-8,13H2,1-2H3. The Kier molecular flexibility index (Phi) is 7.10. The lowest BCUT2D eigenvalue weighted by molar-refractivity contribution is 0.580. The summed E-state index contributed by atoms with van der Waals surface area (Å²) in [4.78, 5) is 0.359. The molecule has 1 aromatic carbocycles. The van der Waals surface area contributed by atoms with E-state index in [1.165, 1.54) is 31.2 Å². The Labute approximate surface area is 117 Å². The molecule has 0 aliphatic carbocycles. The van der Waals surface area contributed by atoms with E-state index in [1.807, 2.05) is 19.1 Å². The SMILES string of the molecule is CCCCCCc1ccc(S(=O)(=O)NCCC)cc1. The predicted molar refractivity (Wildman–Crippen MR) is 79.8 cm³/mol. The molecule has 0 saturated carbocycles. The summed E-state index contributed by atoms with van der Waals surface area (Å²) >= 11 is 0. The molecule has 1 rings (SSSR count). The molecule has 0 bridgehead atoms. The second kappa shape index (κ2) is 8.33. The molecule has 0 radical (unpaired) electrons. The van der Waals surface area contributed by atoms with Gasteiger partial charge in [0.15, 0.2) is 0 Å². The van der Waals surface area contributed by atoms with Crippen LogP contribution < -0.4 is 4.72 Å². The Morgan fingerprint density at radius 3 is 2.21 bits per heavy atom. The molecule has 1 aromatic rings. The van der Waals surface area contributed by atoms with Gasteiger partial charge in [0.1, 0.15) is 0 Å². The lowest BCUT2D eigenvalue weighted by Crippen LogP contribution is -2.24. The van der Waals surface area contributed by atoms with Crippen LogP contribution in [0.5, 0.6) is 0 Å². The minimum atomic E-state index is -3.32. The first kappa shape index (κ1) is 16.2. The van der Waals surface area contributed by atoms with Crippen LogP contribution in [0.25, 0.3) is 0 Å². The topological polar surface area (TPSA) is 46.2 Å². The van der Waals surface area contributed by atoms with E-state index in [2.05, 4.69) is 11.6 Å². The number of unbranched alkanes of at least 4 members (excludes halogenated alkanes) is 3. The minimum absolute atomic E-state index is 0.359. The van der Waals surface area contributed by atoms with Crippen molar-refractivity contribution in [2.45, 2.75) is 57.3 Å². The van der Waals surface area contributed by atoms with E-state index in [0.717, 1.165) is 12.8 Å². The maximum absolute atomic E-state index is 11.9. The largest absolute Gasteiger partial charge is 0.240 e. The van der Waals surface area contributed by atoms with Gasteiger partial charge in [-0.1, -0.05) is 45.2 Å². The third-order valence-electron chi connectivity index (χ3n) is 3.09. The number of nitrogens with one attached hydrogen (secondary N) is 1. The van der Waals surface area contributed by atoms with E-state index >= 15 is 0 Å². The third-order valence-corrected chi connectivity index (χ3v) is 4.57. The number of rotatable bonds is 9. The van der Waals surface area contributed by atoms with Gasteiger partial charge in [0.25, 0.3) is 0 Å². The minimum Gasteiger partial charge on any atom is -0.211 e. The quantitative estimate of drug-likeness (QED) is 0.705. The molecule has 108 valence electrons. The Balaban J connectivity index is 2.56. The van der Waals surface area contributed by atoms with Crippen molar-refractivity contribution in [2.24, 2.45) is 0 Å². The Hall–Kier alpha value is -0.870. The van der Waals surface area contributed by atoms with Crippen LogP contribution in [0.4, 0.5) is 0 Å². The molecule has 0 aliphatic heterocycles. The van der Waals surface area contributed by atoms with E-state index in [-0.39, 0.29) is 0 Å². The van der Waals surface area contributed by atoms with Gasteiger partial charge < -0.3 is 0 Å². The molecule has 0 aromatic heterocycles. The highest BCUT2D eigenvalue weighted by Crippen LogP contribution is 2.13. The summed E-state index contributed by atoms with van der Waals surface area (Å²) in [6, 6.07) is 7.25. The van der Waals surface area contributed by atoms with Crippen LogP contribution in [0.2, 0.25) is 0 Å². The summed E-state index contributed by atoms with van der Waals surface area (Å²) in [6.07, 6.45) is 6.76. The van der Waals surface area contributed by atoms with E-state index in [4.69, 9.17) is 0 Å². The fraction of sp³-hybridized carbons (Fsp3) is 0.600. The highest BCUT2D eigenvalue weighted by molar-refractivity contribution is 7.89. The van der Waals surface area contributed by atoms with Crippen molar-refractivity contribution in [3.63, 3.8) is 0 Å². The van der Waals surface area contributed by atoms with Gasteiger partial charge in [-0.05, 0) is 37.0 Å². The van der Waals surface area contributed by atoms with Crippen LogP contribution in [0.1, 0.15) is 51.5 Å². The molecule has 0 fully saturated rings. The number of aryl methyl sites for hydroxylation is 1. The molecule has 3 nitrogen and oxygen atoms in total. The predicted octanol–water partition coefficient (Wildman–Crippen LogP) is 3.50. The number of hydrogen-bond acceptors (Lipinski definition) is 2. The second-order valence-corrected chi connectivity index (χ2v) is 6.62. The zero-order valence-corrected chi connectivity index (χ0v) is 12.8. The van der Waals surface area contributed by atoms with Crippen LogP contribution in [-0.2, 0) is 16.4 Å². The van der Waals surface area contributed by atoms with Crippen molar-refractivity contribution in [1.82, 2.24) is 4.72 Å². The maximum Gasteiger partial charge on any atom is 0.240 e. The molecular weight excluding hydrogens is 258 g/mol. The van der Waals surface area contributed by atoms with Gasteiger partial charge in [-0.3, -0.25) is 0 Å². The first-order chi connectivity index (χ1) is 9.10. The monoisotopic (exact) mass is 283 g/mol. The maximum atomic E-state index is 11.9. The van der Waals surface area contributed by atoms with E-state index in [1.54, 1.807) is 12.1 Å². The van der Waals surface area contributed by atoms with Crippen LogP contribution in [0, 0.1) is 0 Å². The fourth-order valence-electron chi connectivity index (χ4n) is 1.91. The molecule has 0 amide bonds. The van der Waals surface area contributed by atoms with E-state index in [0.29, 0.717) is 11.4 Å². The van der Waals surface area contributed by atoms with Crippen LogP contribution in [0.15, 0.2) is 29.2 Å². The summed E-state index contributed by atoms with van der Waals surface area (Å²) in [5.74, 6) is 0.